The third-order valence-electron chi connectivity index (χ3n) is 2.33. The van der Waals surface area contributed by atoms with E-state index >= 15 is 0 Å². The molecule has 0 spiro atoms. The number of hydrogen-bond donors (Lipinski definition) is 2. The van der Waals surface area contributed by atoms with Crippen molar-refractivity contribution in [3.05, 3.63) is 29.2 Å². The van der Waals surface area contributed by atoms with Crippen molar-refractivity contribution in [3.8, 4) is 0 Å². The Kier molecular flexibility index (Phi) is 2.24. The van der Waals surface area contributed by atoms with E-state index in [0.29, 0.717) is 10.7 Å². The number of halogens is 1. The monoisotopic (exact) mass is 225 g/mol. The Morgan fingerprint density at radius 1 is 1.53 bits per heavy atom. The summed E-state index contributed by atoms with van der Waals surface area (Å²) in [6, 6.07) is 3.18. The van der Waals surface area contributed by atoms with Crippen molar-refractivity contribution in [1.82, 2.24) is 4.98 Å². The summed E-state index contributed by atoms with van der Waals surface area (Å²) in [4.78, 5) is 13.2. The van der Waals surface area contributed by atoms with E-state index in [1.807, 2.05) is 0 Å². The van der Waals surface area contributed by atoms with E-state index < -0.39 is 11.8 Å². The summed E-state index contributed by atoms with van der Waals surface area (Å²) >= 11 is 0. The van der Waals surface area contributed by atoms with Crippen LogP contribution in [0.2, 0.25) is 0 Å². The molecule has 1 atom stereocenters. The number of carbonyl (C=O) groups is 1. The SMILES string of the molecule is Cc1cc2cc(C(=O)O)[nH]c2c(F)c1P. The van der Waals surface area contributed by atoms with Crippen molar-refractivity contribution in [2.75, 3.05) is 0 Å². The van der Waals surface area contributed by atoms with E-state index in [1.54, 1.807) is 13.0 Å². The third-order valence-corrected chi connectivity index (χ3v) is 3.04. The molecule has 1 heterocycles. The van der Waals surface area contributed by atoms with Gasteiger partial charge in [0.25, 0.3) is 0 Å². The molecule has 0 saturated carbocycles. The molecule has 5 heteroatoms. The van der Waals surface area contributed by atoms with Gasteiger partial charge < -0.3 is 10.1 Å². The van der Waals surface area contributed by atoms with Crippen LogP contribution in [0.5, 0.6) is 0 Å². The van der Waals surface area contributed by atoms with Crippen LogP contribution in [-0.2, 0) is 0 Å². The van der Waals surface area contributed by atoms with Crippen LogP contribution < -0.4 is 5.30 Å². The maximum atomic E-state index is 13.7. The number of aromatic carboxylic acids is 1. The predicted octanol–water partition coefficient (Wildman–Crippen LogP) is 1.81. The summed E-state index contributed by atoms with van der Waals surface area (Å²) in [6.45, 7) is 1.78. The maximum Gasteiger partial charge on any atom is 0.352 e. The van der Waals surface area contributed by atoms with Gasteiger partial charge in [-0.15, -0.1) is 9.24 Å². The summed E-state index contributed by atoms with van der Waals surface area (Å²) < 4.78 is 13.7. The molecule has 1 aromatic heterocycles. The van der Waals surface area contributed by atoms with Crippen LogP contribution in [0.1, 0.15) is 16.1 Å². The first kappa shape index (κ1) is 10.1. The predicted molar refractivity (Wildman–Crippen MR) is 59.3 cm³/mol. The number of rotatable bonds is 1. The van der Waals surface area contributed by atoms with E-state index in [0.717, 1.165) is 5.56 Å². The minimum atomic E-state index is -1.09. The lowest BCUT2D eigenvalue weighted by molar-refractivity contribution is 0.0691. The summed E-state index contributed by atoms with van der Waals surface area (Å²) in [5, 5.41) is 9.79. The molecule has 0 radical (unpaired) electrons. The van der Waals surface area contributed by atoms with Crippen molar-refractivity contribution in [3.63, 3.8) is 0 Å². The summed E-state index contributed by atoms with van der Waals surface area (Å²) in [7, 11) is 2.31. The number of benzene rings is 1. The van der Waals surface area contributed by atoms with Crippen molar-refractivity contribution in [2.45, 2.75) is 6.92 Å². The molecule has 3 nitrogen and oxygen atoms in total. The molecule has 1 aromatic carbocycles. The minimum Gasteiger partial charge on any atom is -0.477 e. The Hall–Kier alpha value is -1.41. The first-order valence-electron chi connectivity index (χ1n) is 4.31. The Morgan fingerprint density at radius 3 is 2.80 bits per heavy atom. The number of nitrogens with one attached hydrogen (secondary N) is 1. The second-order valence-electron chi connectivity index (χ2n) is 3.37. The van der Waals surface area contributed by atoms with Crippen LogP contribution in [0.3, 0.4) is 0 Å². The highest BCUT2D eigenvalue weighted by atomic mass is 31.0. The lowest BCUT2D eigenvalue weighted by Crippen LogP contribution is -2.03. The van der Waals surface area contributed by atoms with Crippen LogP contribution in [0.15, 0.2) is 12.1 Å². The molecular weight excluding hydrogens is 216 g/mol. The molecule has 0 aliphatic rings. The molecular formula is C10H9FNO2P. The number of aromatic amines is 1. The normalized spacial score (nSPS) is 10.9. The number of hydrogen-bond acceptors (Lipinski definition) is 1. The van der Waals surface area contributed by atoms with Crippen LogP contribution in [0, 0.1) is 12.7 Å². The van der Waals surface area contributed by atoms with Crippen LogP contribution in [0.25, 0.3) is 10.9 Å². The smallest absolute Gasteiger partial charge is 0.352 e. The summed E-state index contributed by atoms with van der Waals surface area (Å²) in [5.74, 6) is -1.50. The molecule has 1 unspecified atom stereocenters. The number of aromatic nitrogens is 1. The largest absolute Gasteiger partial charge is 0.477 e. The molecule has 15 heavy (non-hydrogen) atoms. The summed E-state index contributed by atoms with van der Waals surface area (Å²) in [5.41, 5.74) is 1.02. The van der Waals surface area contributed by atoms with E-state index in [9.17, 15) is 9.18 Å². The maximum absolute atomic E-state index is 13.7. The Morgan fingerprint density at radius 2 is 2.20 bits per heavy atom. The average Bonchev–Trinajstić information content (AvgIpc) is 2.58. The zero-order valence-electron chi connectivity index (χ0n) is 7.97. The fraction of sp³-hybridized carbons (Fsp3) is 0.100. The second kappa shape index (κ2) is 3.31. The Labute approximate surface area is 87.5 Å². The molecule has 0 fully saturated rings. The molecule has 78 valence electrons. The second-order valence-corrected chi connectivity index (χ2v) is 3.95. The van der Waals surface area contributed by atoms with E-state index in [1.165, 1.54) is 6.07 Å². The highest BCUT2D eigenvalue weighted by Crippen LogP contribution is 2.20. The van der Waals surface area contributed by atoms with Gasteiger partial charge in [-0.25, -0.2) is 9.18 Å². The molecule has 2 N–H and O–H groups in total. The molecule has 0 bridgehead atoms. The van der Waals surface area contributed by atoms with Crippen molar-refractivity contribution in [1.29, 1.82) is 0 Å². The third kappa shape index (κ3) is 1.51. The highest BCUT2D eigenvalue weighted by molar-refractivity contribution is 7.27. The van der Waals surface area contributed by atoms with Crippen LogP contribution in [-0.4, -0.2) is 16.1 Å². The molecule has 0 saturated heterocycles. The number of H-pyrrole nitrogens is 1. The quantitative estimate of drug-likeness (QED) is 0.727. The first-order chi connectivity index (χ1) is 7.00. The standard InChI is InChI=1S/C10H9FNO2P/c1-4-2-5-3-6(10(13)14)12-8(5)7(11)9(4)15/h2-3,12H,15H2,1H3,(H,13,14). The van der Waals surface area contributed by atoms with Gasteiger partial charge in [0.15, 0.2) is 5.82 Å². The van der Waals surface area contributed by atoms with Gasteiger partial charge in [-0.3, -0.25) is 0 Å². The van der Waals surface area contributed by atoms with Crippen LogP contribution >= 0.6 is 9.24 Å². The number of carboxylic acid groups (broad SMARTS) is 1. The van der Waals surface area contributed by atoms with E-state index in [2.05, 4.69) is 14.2 Å². The summed E-state index contributed by atoms with van der Waals surface area (Å²) in [6.07, 6.45) is 0. The number of aryl methyl sites for hydroxylation is 1. The van der Waals surface area contributed by atoms with Gasteiger partial charge >= 0.3 is 5.97 Å². The van der Waals surface area contributed by atoms with E-state index in [-0.39, 0.29) is 11.2 Å². The van der Waals surface area contributed by atoms with Gasteiger partial charge in [-0.1, -0.05) is 0 Å². The van der Waals surface area contributed by atoms with Gasteiger partial charge in [0.1, 0.15) is 5.69 Å². The molecule has 0 amide bonds. The topological polar surface area (TPSA) is 53.1 Å². The van der Waals surface area contributed by atoms with Gasteiger partial charge in [0.05, 0.1) is 5.52 Å². The number of fused-ring (bicyclic) bond motifs is 1. The fourth-order valence-electron chi connectivity index (χ4n) is 1.50. The molecule has 2 aromatic rings. The van der Waals surface area contributed by atoms with Gasteiger partial charge in [0, 0.05) is 10.7 Å². The first-order valence-corrected chi connectivity index (χ1v) is 4.89. The van der Waals surface area contributed by atoms with Gasteiger partial charge in [0.2, 0.25) is 0 Å². The lowest BCUT2D eigenvalue weighted by atomic mass is 10.1. The van der Waals surface area contributed by atoms with Crippen molar-refractivity contribution >= 4 is 31.4 Å². The Bertz CT molecular complexity index is 562. The molecule has 0 aliphatic heterocycles. The Balaban J connectivity index is 2.82. The minimum absolute atomic E-state index is 0.00102. The van der Waals surface area contributed by atoms with Gasteiger partial charge in [-0.2, -0.15) is 0 Å². The van der Waals surface area contributed by atoms with E-state index in [4.69, 9.17) is 5.11 Å². The van der Waals surface area contributed by atoms with Crippen molar-refractivity contribution < 1.29 is 14.3 Å². The van der Waals surface area contributed by atoms with Gasteiger partial charge in [-0.05, 0) is 24.6 Å². The molecule has 2 rings (SSSR count). The lowest BCUT2D eigenvalue weighted by Gasteiger charge is -2.01. The average molecular weight is 225 g/mol. The number of carboxylic acids is 1. The molecule has 0 aliphatic carbocycles. The fourth-order valence-corrected chi connectivity index (χ4v) is 1.73. The van der Waals surface area contributed by atoms with Crippen LogP contribution in [0.4, 0.5) is 4.39 Å². The zero-order valence-corrected chi connectivity index (χ0v) is 9.12. The zero-order chi connectivity index (χ0) is 11.2. The highest BCUT2D eigenvalue weighted by Gasteiger charge is 2.13. The van der Waals surface area contributed by atoms with Crippen molar-refractivity contribution in [2.24, 2.45) is 0 Å².